The molecule has 0 aromatic carbocycles. The molecule has 1 atom stereocenters. The van der Waals surface area contributed by atoms with Crippen LogP contribution in [0.15, 0.2) is 14.5 Å². The fraction of sp³-hybridized carbons (Fsp3) is 0.636. The second kappa shape index (κ2) is 7.48. The summed E-state index contributed by atoms with van der Waals surface area (Å²) in [5.74, 6) is 1.95. The van der Waals surface area contributed by atoms with E-state index in [-0.39, 0.29) is 16.9 Å². The van der Waals surface area contributed by atoms with Gasteiger partial charge in [-0.15, -0.1) is 11.3 Å². The molecule has 8 heteroatoms. The molecule has 0 bridgehead atoms. The second-order valence-electron chi connectivity index (χ2n) is 8.92. The first-order chi connectivity index (χ1) is 14.7. The van der Waals surface area contributed by atoms with E-state index in [0.717, 1.165) is 59.7 Å². The first-order valence-electron chi connectivity index (χ1n) is 11.3. The molecule has 6 nitrogen and oxygen atoms in total. The Bertz CT molecular complexity index is 1150. The quantitative estimate of drug-likeness (QED) is 0.380. The number of aromatic nitrogens is 4. The Balaban J connectivity index is 1.42. The van der Waals surface area contributed by atoms with Crippen molar-refractivity contribution in [3.63, 3.8) is 0 Å². The number of thioether (sulfide) groups is 1. The summed E-state index contributed by atoms with van der Waals surface area (Å²) in [6.07, 6.45) is 11.3. The summed E-state index contributed by atoms with van der Waals surface area (Å²) >= 11 is 3.32. The highest BCUT2D eigenvalue weighted by atomic mass is 32.2. The Hall–Kier alpha value is -1.67. The molecule has 2 saturated carbocycles. The van der Waals surface area contributed by atoms with Crippen LogP contribution in [0.25, 0.3) is 10.2 Å². The number of nitrogens with zero attached hydrogens (tertiary/aromatic N) is 4. The normalized spacial score (nSPS) is 20.7. The van der Waals surface area contributed by atoms with Crippen LogP contribution in [0.4, 0.5) is 0 Å². The maximum Gasteiger partial charge on any atom is 0.263 e. The second-order valence-corrected chi connectivity index (χ2v) is 11.3. The van der Waals surface area contributed by atoms with Crippen molar-refractivity contribution in [3.8, 4) is 0 Å². The third-order valence-electron chi connectivity index (χ3n) is 6.71. The van der Waals surface area contributed by atoms with Crippen LogP contribution < -0.4 is 5.56 Å². The first-order valence-corrected chi connectivity index (χ1v) is 13.0. The summed E-state index contributed by atoms with van der Waals surface area (Å²) in [5, 5.41) is 5.85. The molecular weight excluding hydrogens is 416 g/mol. The minimum Gasteiger partial charge on any atom is -0.338 e. The van der Waals surface area contributed by atoms with Crippen LogP contribution in [-0.2, 0) is 12.8 Å². The van der Waals surface area contributed by atoms with Crippen LogP contribution in [0.3, 0.4) is 0 Å². The Morgan fingerprint density at radius 2 is 1.90 bits per heavy atom. The monoisotopic (exact) mass is 442 g/mol. The molecule has 3 aromatic rings. The van der Waals surface area contributed by atoms with Gasteiger partial charge in [0.1, 0.15) is 4.83 Å². The average molecular weight is 443 g/mol. The molecule has 0 radical (unpaired) electrons. The summed E-state index contributed by atoms with van der Waals surface area (Å²) in [6, 6.07) is 0.257. The Morgan fingerprint density at radius 1 is 1.10 bits per heavy atom. The van der Waals surface area contributed by atoms with Gasteiger partial charge in [-0.2, -0.15) is 4.98 Å². The van der Waals surface area contributed by atoms with Crippen molar-refractivity contribution < 1.29 is 4.52 Å². The molecule has 0 spiro atoms. The van der Waals surface area contributed by atoms with Crippen molar-refractivity contribution in [2.24, 2.45) is 0 Å². The Morgan fingerprint density at radius 3 is 2.70 bits per heavy atom. The van der Waals surface area contributed by atoms with Gasteiger partial charge in [0.15, 0.2) is 11.0 Å². The lowest BCUT2D eigenvalue weighted by Gasteiger charge is -2.19. The molecular formula is C22H26N4O2S2. The fourth-order valence-corrected chi connectivity index (χ4v) is 7.21. The van der Waals surface area contributed by atoms with E-state index in [1.165, 1.54) is 36.1 Å². The molecule has 2 fully saturated rings. The third-order valence-corrected chi connectivity index (χ3v) is 8.95. The summed E-state index contributed by atoms with van der Waals surface area (Å²) in [5.41, 5.74) is 1.45. The molecule has 3 aromatic heterocycles. The number of aryl methyl sites for hydroxylation is 2. The minimum absolute atomic E-state index is 0.0309. The van der Waals surface area contributed by atoms with Crippen molar-refractivity contribution in [2.45, 2.75) is 93.5 Å². The van der Waals surface area contributed by atoms with Crippen LogP contribution >= 0.6 is 23.1 Å². The van der Waals surface area contributed by atoms with E-state index in [1.807, 2.05) is 4.57 Å². The summed E-state index contributed by atoms with van der Waals surface area (Å²) in [6.45, 7) is 2.07. The predicted octanol–water partition coefficient (Wildman–Crippen LogP) is 5.57. The molecule has 3 heterocycles. The standard InChI is InChI=1S/C22H26N4O2S2/c1-12(19-23-18(25-28-19)13-10-11-13)29-22-24-20-17(15-8-4-5-9-16(15)30-20)21(27)26(22)14-6-2-3-7-14/h12-14H,2-11H2,1H3. The Kier molecular flexibility index (Phi) is 4.75. The van der Waals surface area contributed by atoms with Crippen molar-refractivity contribution in [1.29, 1.82) is 0 Å². The van der Waals surface area contributed by atoms with Gasteiger partial charge in [0, 0.05) is 16.8 Å². The molecule has 3 aliphatic rings. The van der Waals surface area contributed by atoms with Gasteiger partial charge in [-0.05, 0) is 63.9 Å². The molecule has 158 valence electrons. The number of thiophene rings is 1. The van der Waals surface area contributed by atoms with E-state index < -0.39 is 0 Å². The van der Waals surface area contributed by atoms with Crippen molar-refractivity contribution in [1.82, 2.24) is 19.7 Å². The fourth-order valence-electron chi connectivity index (χ4n) is 4.89. The number of fused-ring (bicyclic) bond motifs is 3. The van der Waals surface area contributed by atoms with E-state index in [2.05, 4.69) is 17.1 Å². The molecule has 0 saturated heterocycles. The van der Waals surface area contributed by atoms with Crippen LogP contribution in [0.2, 0.25) is 0 Å². The summed E-state index contributed by atoms with van der Waals surface area (Å²) in [4.78, 5) is 25.7. The van der Waals surface area contributed by atoms with E-state index in [0.29, 0.717) is 11.8 Å². The molecule has 0 N–H and O–H groups in total. The smallest absolute Gasteiger partial charge is 0.263 e. The van der Waals surface area contributed by atoms with Crippen molar-refractivity contribution in [2.75, 3.05) is 0 Å². The van der Waals surface area contributed by atoms with E-state index >= 15 is 0 Å². The van der Waals surface area contributed by atoms with Crippen molar-refractivity contribution in [3.05, 3.63) is 32.5 Å². The number of rotatable bonds is 5. The lowest BCUT2D eigenvalue weighted by molar-refractivity contribution is 0.374. The highest BCUT2D eigenvalue weighted by molar-refractivity contribution is 7.99. The SMILES string of the molecule is CC(Sc1nc2sc3c(c2c(=O)n1C1CCCC1)CCCC3)c1nc(C2CC2)no1. The molecule has 0 aliphatic heterocycles. The van der Waals surface area contributed by atoms with Crippen LogP contribution in [0, 0.1) is 0 Å². The van der Waals surface area contributed by atoms with Gasteiger partial charge in [0.25, 0.3) is 5.56 Å². The lowest BCUT2D eigenvalue weighted by atomic mass is 9.97. The van der Waals surface area contributed by atoms with E-state index in [9.17, 15) is 4.79 Å². The zero-order valence-electron chi connectivity index (χ0n) is 17.2. The molecule has 1 unspecified atom stereocenters. The molecule has 0 amide bonds. The molecule has 6 rings (SSSR count). The van der Waals surface area contributed by atoms with Crippen molar-refractivity contribution >= 4 is 33.3 Å². The van der Waals surface area contributed by atoms with Gasteiger partial charge >= 0.3 is 0 Å². The van der Waals surface area contributed by atoms with Crippen LogP contribution in [0.5, 0.6) is 0 Å². The van der Waals surface area contributed by atoms with Crippen LogP contribution in [-0.4, -0.2) is 19.7 Å². The maximum atomic E-state index is 13.8. The van der Waals surface area contributed by atoms with Crippen LogP contribution in [0.1, 0.15) is 97.7 Å². The molecule has 3 aliphatic carbocycles. The van der Waals surface area contributed by atoms with Gasteiger partial charge in [-0.1, -0.05) is 29.8 Å². The maximum absolute atomic E-state index is 13.8. The first kappa shape index (κ1) is 19.0. The Labute approximate surface area is 183 Å². The summed E-state index contributed by atoms with van der Waals surface area (Å²) < 4.78 is 7.57. The number of hydrogen-bond donors (Lipinski definition) is 0. The minimum atomic E-state index is -0.0309. The van der Waals surface area contributed by atoms with Gasteiger partial charge in [0.2, 0.25) is 5.89 Å². The predicted molar refractivity (Wildman–Crippen MR) is 119 cm³/mol. The topological polar surface area (TPSA) is 73.8 Å². The average Bonchev–Trinajstić information content (AvgIpc) is 3.15. The number of hydrogen-bond acceptors (Lipinski definition) is 7. The highest BCUT2D eigenvalue weighted by Crippen LogP contribution is 2.42. The van der Waals surface area contributed by atoms with Gasteiger partial charge in [0.05, 0.1) is 10.6 Å². The van der Waals surface area contributed by atoms with E-state index in [1.54, 1.807) is 23.1 Å². The zero-order valence-corrected chi connectivity index (χ0v) is 18.9. The van der Waals surface area contributed by atoms with Gasteiger partial charge in [-0.25, -0.2) is 4.98 Å². The molecule has 30 heavy (non-hydrogen) atoms. The largest absolute Gasteiger partial charge is 0.338 e. The zero-order chi connectivity index (χ0) is 20.2. The lowest BCUT2D eigenvalue weighted by Crippen LogP contribution is -2.27. The highest BCUT2D eigenvalue weighted by Gasteiger charge is 2.31. The third kappa shape index (κ3) is 3.23. The van der Waals surface area contributed by atoms with Gasteiger partial charge < -0.3 is 4.52 Å². The summed E-state index contributed by atoms with van der Waals surface area (Å²) in [7, 11) is 0. The van der Waals surface area contributed by atoms with E-state index in [4.69, 9.17) is 9.51 Å². The van der Waals surface area contributed by atoms with Gasteiger partial charge in [-0.3, -0.25) is 9.36 Å².